The monoisotopic (exact) mass is 678 g/mol. The van der Waals surface area contributed by atoms with E-state index in [-0.39, 0.29) is 72.9 Å². The Balaban J connectivity index is 1.19. The fraction of sp³-hybridized carbons (Fsp3) is 0.897. The van der Waals surface area contributed by atoms with Gasteiger partial charge in [-0.2, -0.15) is 5.48 Å². The van der Waals surface area contributed by atoms with E-state index in [9.17, 15) is 44.8 Å². The smallest absolute Gasteiger partial charge is 0.307 e. The van der Waals surface area contributed by atoms with Crippen molar-refractivity contribution in [2.45, 2.75) is 118 Å². The molecule has 0 saturated heterocycles. The molecule has 12 atom stereocenters. The number of rotatable bonds is 12. The molecule has 0 aromatic carbocycles. The van der Waals surface area contributed by atoms with Crippen LogP contribution >= 0.6 is 23.2 Å². The molecule has 12 unspecified atom stereocenters. The number of carboxylic acids is 2. The van der Waals surface area contributed by atoms with Gasteiger partial charge in [0.2, 0.25) is 18.0 Å². The Hall–Kier alpha value is -2.29. The molecule has 0 spiro atoms. The van der Waals surface area contributed by atoms with E-state index in [1.807, 2.05) is 0 Å². The van der Waals surface area contributed by atoms with Crippen molar-refractivity contribution in [3.63, 3.8) is 0 Å². The van der Waals surface area contributed by atoms with Crippen LogP contribution in [-0.2, 0) is 19.2 Å². The molecule has 4 saturated carbocycles. The van der Waals surface area contributed by atoms with Crippen LogP contribution in [0, 0.1) is 55.7 Å². The van der Waals surface area contributed by atoms with Crippen LogP contribution < -0.4 is 10.8 Å². The molecule has 4 fully saturated rings. The number of nitrogens with zero attached hydrogens (tertiary/aromatic N) is 2. The third kappa shape index (κ3) is 9.39. The number of alkyl halides is 2. The maximum Gasteiger partial charge on any atom is 0.307 e. The highest BCUT2D eigenvalue weighted by Crippen LogP contribution is 2.39. The molecule has 0 aromatic rings. The van der Waals surface area contributed by atoms with E-state index in [4.69, 9.17) is 28.0 Å². The van der Waals surface area contributed by atoms with Crippen LogP contribution in [0.2, 0.25) is 0 Å². The molecule has 4 rings (SSSR count). The van der Waals surface area contributed by atoms with Crippen LogP contribution in [0.4, 0.5) is 0 Å². The van der Waals surface area contributed by atoms with Crippen LogP contribution in [0.25, 0.3) is 0 Å². The first-order valence-corrected chi connectivity index (χ1v) is 16.9. The number of amides is 1. The van der Waals surface area contributed by atoms with Crippen molar-refractivity contribution in [1.82, 2.24) is 10.8 Å². The summed E-state index contributed by atoms with van der Waals surface area (Å²) in [6, 6.07) is -2.14. The molecular formula is C29H44Cl2N4O10. The Kier molecular flexibility index (Phi) is 12.7. The van der Waals surface area contributed by atoms with Gasteiger partial charge in [0, 0.05) is 53.5 Å². The average molecular weight is 680 g/mol. The lowest BCUT2D eigenvalue weighted by atomic mass is 9.74. The summed E-state index contributed by atoms with van der Waals surface area (Å²) >= 11 is 13.4. The van der Waals surface area contributed by atoms with Gasteiger partial charge in [-0.1, -0.05) is 0 Å². The topological polar surface area (TPSA) is 211 Å². The van der Waals surface area contributed by atoms with Gasteiger partial charge in [-0.3, -0.25) is 34.6 Å². The Labute approximate surface area is 271 Å². The highest BCUT2D eigenvalue weighted by atomic mass is 35.5. The van der Waals surface area contributed by atoms with Crippen molar-refractivity contribution in [3.8, 4) is 0 Å². The van der Waals surface area contributed by atoms with Gasteiger partial charge in [-0.15, -0.1) is 23.2 Å². The second-order valence-electron chi connectivity index (χ2n) is 13.5. The summed E-state index contributed by atoms with van der Waals surface area (Å²) in [6.07, 6.45) is 6.34. The second kappa shape index (κ2) is 16.0. The first kappa shape index (κ1) is 35.6. The lowest BCUT2D eigenvalue weighted by molar-refractivity contribution is -0.528. The third-order valence-corrected chi connectivity index (χ3v) is 11.6. The summed E-state index contributed by atoms with van der Waals surface area (Å²) in [5.41, 5.74) is 2.99. The second-order valence-corrected chi connectivity index (χ2v) is 14.7. The van der Waals surface area contributed by atoms with Crippen LogP contribution in [0.5, 0.6) is 0 Å². The maximum absolute atomic E-state index is 13.1. The standard InChI is InChI=1S/C29H44Cl2N4O10/c30-23-10-15(1-7-25(23)32-27(36)22-13-19(35(43)44)4-6-21(22)29(39)40)9-16-2-8-26(24(31)11-16)33-45-14-17-12-18(34(41)42)3-5-20(17)28(37)38/h15-26,33H,1-14H2,(H,32,36)(H,37,38)(H,39,40). The first-order valence-electron chi connectivity index (χ1n) is 16.0. The highest BCUT2D eigenvalue weighted by molar-refractivity contribution is 6.21. The zero-order chi connectivity index (χ0) is 32.8. The molecule has 4 N–H and O–H groups in total. The van der Waals surface area contributed by atoms with Gasteiger partial charge in [0.15, 0.2) is 0 Å². The maximum atomic E-state index is 13.1. The summed E-state index contributed by atoms with van der Waals surface area (Å²) < 4.78 is 0. The minimum atomic E-state index is -1.11. The minimum Gasteiger partial charge on any atom is -0.481 e. The van der Waals surface area contributed by atoms with Gasteiger partial charge in [-0.05, 0) is 69.6 Å². The quantitative estimate of drug-likeness (QED) is 0.132. The van der Waals surface area contributed by atoms with Crippen LogP contribution in [0.15, 0.2) is 0 Å². The molecule has 0 bridgehead atoms. The summed E-state index contributed by atoms with van der Waals surface area (Å²) in [4.78, 5) is 63.9. The van der Waals surface area contributed by atoms with Crippen LogP contribution in [0.3, 0.4) is 0 Å². The van der Waals surface area contributed by atoms with Crippen molar-refractivity contribution in [3.05, 3.63) is 20.2 Å². The zero-order valence-electron chi connectivity index (χ0n) is 25.1. The van der Waals surface area contributed by atoms with E-state index in [1.54, 1.807) is 0 Å². The predicted molar refractivity (Wildman–Crippen MR) is 162 cm³/mol. The molecule has 14 nitrogen and oxygen atoms in total. The molecule has 16 heteroatoms. The highest BCUT2D eigenvalue weighted by Gasteiger charge is 2.45. The van der Waals surface area contributed by atoms with E-state index in [0.717, 1.165) is 32.1 Å². The number of carbonyl (C=O) groups is 3. The Morgan fingerprint density at radius 3 is 1.78 bits per heavy atom. The number of halogens is 2. The SMILES string of the molecule is O=C(O)C1CCC([N+](=O)[O-])CC1CONC1CCC(CC2CCC(NC(=O)C3CC([N+](=O)[O-])CCC3C(=O)O)C(Cl)C2)CC1Cl. The molecule has 0 radical (unpaired) electrons. The molecule has 0 heterocycles. The molecule has 4 aliphatic rings. The molecule has 45 heavy (non-hydrogen) atoms. The summed E-state index contributed by atoms with van der Waals surface area (Å²) in [5.74, 6) is -4.86. The normalized spacial score (nSPS) is 39.0. The summed E-state index contributed by atoms with van der Waals surface area (Å²) in [5, 5.41) is 44.0. The number of aliphatic carboxylic acids is 2. The number of carboxylic acid groups (broad SMARTS) is 2. The average Bonchev–Trinajstić information content (AvgIpc) is 2.99. The largest absolute Gasteiger partial charge is 0.481 e. The number of carbonyl (C=O) groups excluding carboxylic acids is 1. The van der Waals surface area contributed by atoms with Gasteiger partial charge in [-0.25, -0.2) is 0 Å². The van der Waals surface area contributed by atoms with E-state index in [0.29, 0.717) is 24.7 Å². The molecule has 1 amide bonds. The molecule has 254 valence electrons. The third-order valence-electron chi connectivity index (χ3n) is 10.6. The van der Waals surface area contributed by atoms with Crippen molar-refractivity contribution < 1.29 is 39.3 Å². The molecule has 0 aliphatic heterocycles. The van der Waals surface area contributed by atoms with Gasteiger partial charge in [0.1, 0.15) is 0 Å². The molecule has 4 aliphatic carbocycles. The lowest BCUT2D eigenvalue weighted by Gasteiger charge is -2.39. The number of hydrogen-bond donors (Lipinski definition) is 4. The fourth-order valence-electron chi connectivity index (χ4n) is 8.01. The predicted octanol–water partition coefficient (Wildman–Crippen LogP) is 3.86. The Morgan fingerprint density at radius 2 is 1.24 bits per heavy atom. The van der Waals surface area contributed by atoms with E-state index < -0.39 is 58.5 Å². The minimum absolute atomic E-state index is 0.0652. The van der Waals surface area contributed by atoms with Gasteiger partial charge >= 0.3 is 11.9 Å². The van der Waals surface area contributed by atoms with Crippen LogP contribution in [-0.4, -0.2) is 79.4 Å². The Bertz CT molecular complexity index is 1100. The number of nitrogens with one attached hydrogen (secondary N) is 2. The molecular weight excluding hydrogens is 635 g/mol. The number of nitro groups is 2. The zero-order valence-corrected chi connectivity index (χ0v) is 26.7. The van der Waals surface area contributed by atoms with E-state index in [2.05, 4.69) is 10.8 Å². The first-order chi connectivity index (χ1) is 21.3. The summed E-state index contributed by atoms with van der Waals surface area (Å²) in [6.45, 7) is 0.0652. The van der Waals surface area contributed by atoms with Crippen molar-refractivity contribution >= 4 is 41.0 Å². The van der Waals surface area contributed by atoms with Crippen molar-refractivity contribution in [2.24, 2.45) is 35.5 Å². The van der Waals surface area contributed by atoms with Gasteiger partial charge < -0.3 is 20.4 Å². The summed E-state index contributed by atoms with van der Waals surface area (Å²) in [7, 11) is 0. The lowest BCUT2D eigenvalue weighted by Crippen LogP contribution is -2.51. The van der Waals surface area contributed by atoms with E-state index in [1.165, 1.54) is 0 Å². The fourth-order valence-corrected chi connectivity index (χ4v) is 8.88. The number of hydrogen-bond acceptors (Lipinski definition) is 9. The number of hydroxylamine groups is 1. The van der Waals surface area contributed by atoms with Crippen LogP contribution in [0.1, 0.15) is 83.5 Å². The van der Waals surface area contributed by atoms with Crippen molar-refractivity contribution in [1.29, 1.82) is 0 Å². The Morgan fingerprint density at radius 1 is 0.711 bits per heavy atom. The molecule has 0 aromatic heterocycles. The van der Waals surface area contributed by atoms with Gasteiger partial charge in [0.25, 0.3) is 0 Å². The van der Waals surface area contributed by atoms with Gasteiger partial charge in [0.05, 0.1) is 35.1 Å². The van der Waals surface area contributed by atoms with E-state index >= 15 is 0 Å². The van der Waals surface area contributed by atoms with Crippen molar-refractivity contribution in [2.75, 3.05) is 6.61 Å².